The van der Waals surface area contributed by atoms with Gasteiger partial charge in [-0.1, -0.05) is 51.1 Å². The molecule has 6 heteroatoms. The predicted molar refractivity (Wildman–Crippen MR) is 129 cm³/mol. The molecule has 1 amide bonds. The summed E-state index contributed by atoms with van der Waals surface area (Å²) in [5.74, 6) is -0.0477. The Kier molecular flexibility index (Phi) is 7.61. The van der Waals surface area contributed by atoms with Gasteiger partial charge in [-0.05, 0) is 65.9 Å². The highest BCUT2D eigenvalue weighted by atomic mass is 16.6. The lowest BCUT2D eigenvalue weighted by atomic mass is 9.87. The first-order valence-corrected chi connectivity index (χ1v) is 10.8. The zero-order valence-corrected chi connectivity index (χ0v) is 19.3. The monoisotopic (exact) mass is 444 g/mol. The number of hydrogen-bond acceptors (Lipinski definition) is 5. The number of nitrogens with one attached hydrogen (secondary N) is 1. The molecular formula is C27H28N2O4. The molecule has 0 aliphatic rings. The van der Waals surface area contributed by atoms with Crippen molar-refractivity contribution in [1.82, 2.24) is 5.43 Å². The fourth-order valence-corrected chi connectivity index (χ4v) is 3.04. The van der Waals surface area contributed by atoms with Crippen LogP contribution in [0.4, 0.5) is 0 Å². The number of carbonyl (C=O) groups excluding carboxylic acids is 2. The van der Waals surface area contributed by atoms with Gasteiger partial charge in [-0.15, -0.1) is 0 Å². The summed E-state index contributed by atoms with van der Waals surface area (Å²) in [7, 11) is 0. The minimum absolute atomic E-state index is 0.0208. The van der Waals surface area contributed by atoms with E-state index in [9.17, 15) is 9.59 Å². The van der Waals surface area contributed by atoms with Gasteiger partial charge in [0.15, 0.2) is 11.5 Å². The maximum Gasteiger partial charge on any atom is 0.343 e. The van der Waals surface area contributed by atoms with Crippen molar-refractivity contribution in [2.24, 2.45) is 5.10 Å². The Bertz CT molecular complexity index is 1130. The summed E-state index contributed by atoms with van der Waals surface area (Å²) in [6.45, 7) is 8.61. The van der Waals surface area contributed by atoms with Crippen LogP contribution in [0.25, 0.3) is 0 Å². The van der Waals surface area contributed by atoms with Gasteiger partial charge >= 0.3 is 5.97 Å². The summed E-state index contributed by atoms with van der Waals surface area (Å²) >= 11 is 0. The Morgan fingerprint density at radius 1 is 0.909 bits per heavy atom. The highest BCUT2D eigenvalue weighted by molar-refractivity contribution is 5.95. The van der Waals surface area contributed by atoms with Gasteiger partial charge in [-0.2, -0.15) is 5.10 Å². The Labute approximate surface area is 194 Å². The number of esters is 1. The molecule has 0 bridgehead atoms. The van der Waals surface area contributed by atoms with E-state index in [0.29, 0.717) is 34.8 Å². The second-order valence-electron chi connectivity index (χ2n) is 8.42. The lowest BCUT2D eigenvalue weighted by Gasteiger charge is -2.18. The van der Waals surface area contributed by atoms with E-state index in [0.717, 1.165) is 5.56 Å². The Morgan fingerprint density at radius 3 is 2.24 bits per heavy atom. The fraction of sp³-hybridized carbons (Fsp3) is 0.222. The number of benzene rings is 3. The van der Waals surface area contributed by atoms with Crippen LogP contribution in [0.15, 0.2) is 77.9 Å². The maximum absolute atomic E-state index is 12.4. The summed E-state index contributed by atoms with van der Waals surface area (Å²) in [6, 6.07) is 21.3. The first-order valence-electron chi connectivity index (χ1n) is 10.8. The molecule has 3 aromatic rings. The molecule has 33 heavy (non-hydrogen) atoms. The lowest BCUT2D eigenvalue weighted by molar-refractivity contribution is 0.0728. The highest BCUT2D eigenvalue weighted by Crippen LogP contribution is 2.29. The van der Waals surface area contributed by atoms with Gasteiger partial charge < -0.3 is 9.47 Å². The molecule has 0 atom stereocenters. The van der Waals surface area contributed by atoms with Gasteiger partial charge in [0.25, 0.3) is 5.91 Å². The van der Waals surface area contributed by atoms with Crippen molar-refractivity contribution >= 4 is 18.1 Å². The van der Waals surface area contributed by atoms with Crippen LogP contribution in [-0.2, 0) is 5.41 Å². The van der Waals surface area contributed by atoms with E-state index in [1.54, 1.807) is 54.6 Å². The largest absolute Gasteiger partial charge is 0.490 e. The van der Waals surface area contributed by atoms with E-state index in [1.165, 1.54) is 6.21 Å². The van der Waals surface area contributed by atoms with E-state index >= 15 is 0 Å². The maximum atomic E-state index is 12.4. The molecule has 0 heterocycles. The predicted octanol–water partition coefficient (Wildman–Crippen LogP) is 5.37. The van der Waals surface area contributed by atoms with Crippen LogP contribution < -0.4 is 14.9 Å². The van der Waals surface area contributed by atoms with Crippen molar-refractivity contribution in [3.63, 3.8) is 0 Å². The van der Waals surface area contributed by atoms with Gasteiger partial charge in [-0.3, -0.25) is 4.79 Å². The van der Waals surface area contributed by atoms with Crippen LogP contribution >= 0.6 is 0 Å². The molecule has 170 valence electrons. The van der Waals surface area contributed by atoms with E-state index in [-0.39, 0.29) is 11.3 Å². The van der Waals surface area contributed by atoms with Crippen LogP contribution in [-0.4, -0.2) is 24.7 Å². The summed E-state index contributed by atoms with van der Waals surface area (Å²) in [5, 5.41) is 4.04. The number of hydrogen-bond donors (Lipinski definition) is 1. The molecule has 0 spiro atoms. The average molecular weight is 445 g/mol. The summed E-state index contributed by atoms with van der Waals surface area (Å²) in [6.07, 6.45) is 1.51. The molecule has 0 aromatic heterocycles. The van der Waals surface area contributed by atoms with Gasteiger partial charge in [0.1, 0.15) is 0 Å². The van der Waals surface area contributed by atoms with Crippen molar-refractivity contribution in [2.75, 3.05) is 6.61 Å². The molecule has 0 saturated carbocycles. The summed E-state index contributed by atoms with van der Waals surface area (Å²) < 4.78 is 11.1. The first kappa shape index (κ1) is 23.7. The van der Waals surface area contributed by atoms with Crippen LogP contribution in [0.3, 0.4) is 0 Å². The third-order valence-corrected chi connectivity index (χ3v) is 4.87. The third kappa shape index (κ3) is 6.53. The van der Waals surface area contributed by atoms with Gasteiger partial charge in [0, 0.05) is 5.56 Å². The molecule has 0 aliphatic carbocycles. The smallest absolute Gasteiger partial charge is 0.343 e. The van der Waals surface area contributed by atoms with Crippen molar-refractivity contribution in [3.8, 4) is 11.5 Å². The summed E-state index contributed by atoms with van der Waals surface area (Å²) in [5.41, 5.74) is 5.36. The van der Waals surface area contributed by atoms with E-state index < -0.39 is 5.97 Å². The van der Waals surface area contributed by atoms with Crippen LogP contribution in [0, 0.1) is 0 Å². The topological polar surface area (TPSA) is 77.0 Å². The number of hydrazone groups is 1. The Morgan fingerprint density at radius 2 is 1.61 bits per heavy atom. The summed E-state index contributed by atoms with van der Waals surface area (Å²) in [4.78, 5) is 24.7. The standard InChI is InChI=1S/C27H28N2O4/c1-5-32-24-17-19(11-16-23(24)33-26(31)21-9-7-6-8-10-21)18-28-29-25(30)20-12-14-22(15-13-20)27(2,3)4/h6-18H,5H2,1-4H3,(H,29,30)/b28-18-. The minimum atomic E-state index is -0.470. The average Bonchev–Trinajstić information content (AvgIpc) is 2.81. The second-order valence-corrected chi connectivity index (χ2v) is 8.42. The molecule has 0 saturated heterocycles. The van der Waals surface area contributed by atoms with Crippen molar-refractivity contribution < 1.29 is 19.1 Å². The molecule has 3 aromatic carbocycles. The molecule has 0 unspecified atom stereocenters. The highest BCUT2D eigenvalue weighted by Gasteiger charge is 2.15. The minimum Gasteiger partial charge on any atom is -0.490 e. The molecule has 0 aliphatic heterocycles. The molecule has 1 N–H and O–H groups in total. The van der Waals surface area contributed by atoms with Gasteiger partial charge in [0.05, 0.1) is 18.4 Å². The zero-order chi connectivity index (χ0) is 23.8. The van der Waals surface area contributed by atoms with Gasteiger partial charge in [0.2, 0.25) is 0 Å². The van der Waals surface area contributed by atoms with Crippen LogP contribution in [0.2, 0.25) is 0 Å². The number of amides is 1. The van der Waals surface area contributed by atoms with Crippen molar-refractivity contribution in [3.05, 3.63) is 95.1 Å². The Balaban J connectivity index is 1.67. The van der Waals surface area contributed by atoms with E-state index in [2.05, 4.69) is 31.3 Å². The second kappa shape index (κ2) is 10.6. The number of carbonyl (C=O) groups is 2. The molecule has 6 nitrogen and oxygen atoms in total. The molecular weight excluding hydrogens is 416 g/mol. The van der Waals surface area contributed by atoms with Gasteiger partial charge in [-0.25, -0.2) is 10.2 Å². The quantitative estimate of drug-likeness (QED) is 0.230. The van der Waals surface area contributed by atoms with Crippen molar-refractivity contribution in [2.45, 2.75) is 33.1 Å². The molecule has 0 fully saturated rings. The fourth-order valence-electron chi connectivity index (χ4n) is 3.04. The van der Waals surface area contributed by atoms with Crippen LogP contribution in [0.5, 0.6) is 11.5 Å². The lowest BCUT2D eigenvalue weighted by Crippen LogP contribution is -2.18. The zero-order valence-electron chi connectivity index (χ0n) is 19.3. The Hall–Kier alpha value is -3.93. The van der Waals surface area contributed by atoms with E-state index in [1.807, 2.05) is 25.1 Å². The number of ether oxygens (including phenoxy) is 2. The van der Waals surface area contributed by atoms with Crippen LogP contribution in [0.1, 0.15) is 59.5 Å². The van der Waals surface area contributed by atoms with Crippen molar-refractivity contribution in [1.29, 1.82) is 0 Å². The number of rotatable bonds is 7. The normalized spacial score (nSPS) is 11.3. The first-order chi connectivity index (χ1) is 15.8. The molecule has 3 rings (SSSR count). The third-order valence-electron chi connectivity index (χ3n) is 4.87. The number of nitrogens with zero attached hydrogens (tertiary/aromatic N) is 1. The SMILES string of the molecule is CCOc1cc(/C=N\NC(=O)c2ccc(C(C)(C)C)cc2)ccc1OC(=O)c1ccccc1. The van der Waals surface area contributed by atoms with E-state index in [4.69, 9.17) is 9.47 Å². The molecule has 0 radical (unpaired) electrons.